The first-order valence-corrected chi connectivity index (χ1v) is 1.73. The fourth-order valence-electron chi connectivity index (χ4n) is 0.136. The number of aliphatic carboxylic acids is 2. The fourth-order valence-corrected chi connectivity index (χ4v) is 0.136. The van der Waals surface area contributed by atoms with Gasteiger partial charge in [-0.1, -0.05) is 0 Å². The molecule has 0 saturated heterocycles. The summed E-state index contributed by atoms with van der Waals surface area (Å²) in [6.07, 6.45) is 0.769. The van der Waals surface area contributed by atoms with Crippen LogP contribution in [0.25, 0.3) is 0 Å². The fraction of sp³-hybridized carbons (Fsp3) is 0. The van der Waals surface area contributed by atoms with E-state index < -0.39 is 11.9 Å². The Kier molecular flexibility index (Phi) is 16.2. The number of hydrogen-bond acceptors (Lipinski definition) is 4. The van der Waals surface area contributed by atoms with Crippen molar-refractivity contribution in [2.45, 2.75) is 0 Å². The zero-order valence-corrected chi connectivity index (χ0v) is 9.75. The van der Waals surface area contributed by atoms with E-state index in [1.807, 2.05) is 0 Å². The van der Waals surface area contributed by atoms with Crippen LogP contribution in [0.2, 0.25) is 0 Å². The molecular weight excluding hydrogens is 226 g/mol. The predicted octanol–water partition coefficient (Wildman–Crippen LogP) is -5.96. The molecule has 0 aliphatic rings. The summed E-state index contributed by atoms with van der Waals surface area (Å²) in [7, 11) is 0. The minimum atomic E-state index is -1.55. The molecule has 0 unspecified atom stereocenters. The van der Waals surface area contributed by atoms with Crippen LogP contribution in [0, 0.1) is 0 Å². The second kappa shape index (κ2) is 9.56. The third kappa shape index (κ3) is 15.8. The molecule has 0 bridgehead atoms. The van der Waals surface area contributed by atoms with Crippen molar-refractivity contribution in [2.24, 2.45) is 0 Å². The van der Waals surface area contributed by atoms with Crippen molar-refractivity contribution in [1.29, 1.82) is 0 Å². The molecule has 0 atom stereocenters. The number of carbonyl (C=O) groups is 2. The van der Waals surface area contributed by atoms with Crippen LogP contribution in [-0.4, -0.2) is 11.9 Å². The van der Waals surface area contributed by atoms with Crippen molar-refractivity contribution in [3.63, 3.8) is 0 Å². The summed E-state index contributed by atoms with van der Waals surface area (Å²) in [5, 5.41) is 18.8. The molecule has 0 saturated carbocycles. The Labute approximate surface area is 98.7 Å². The Hall–Kier alpha value is 0.563. The molecule has 10 heavy (non-hydrogen) atoms. The first kappa shape index (κ1) is 16.9. The van der Waals surface area contributed by atoms with Gasteiger partial charge in [-0.05, 0) is 12.2 Å². The number of carbonyl (C=O) groups excluding carboxylic acids is 2. The molecule has 0 fully saturated rings. The maximum absolute atomic E-state index is 9.41. The van der Waals surface area contributed by atoms with Crippen LogP contribution in [0.1, 0.15) is 0 Å². The van der Waals surface area contributed by atoms with Gasteiger partial charge in [0.05, 0.1) is 11.9 Å². The van der Waals surface area contributed by atoms with Gasteiger partial charge in [-0.2, -0.15) is 0 Å². The Morgan fingerprint density at radius 3 is 1.30 bits per heavy atom. The van der Waals surface area contributed by atoms with Gasteiger partial charge >= 0.3 is 55.8 Å². The zero-order valence-electron chi connectivity index (χ0n) is 5.29. The van der Waals surface area contributed by atoms with Crippen LogP contribution in [0.15, 0.2) is 12.2 Å². The molecule has 0 N–H and O–H groups in total. The topological polar surface area (TPSA) is 80.3 Å². The SMILES string of the molecule is O=C([O-])/C=C\C(=O)[O-].[Na+].[Zr+4]. The number of carboxylic acid groups (broad SMARTS) is 2. The summed E-state index contributed by atoms with van der Waals surface area (Å²) in [5.74, 6) is -3.09. The number of carboxylic acids is 2. The van der Waals surface area contributed by atoms with E-state index >= 15 is 0 Å². The quantitative estimate of drug-likeness (QED) is 0.348. The maximum Gasteiger partial charge on any atom is 4.00 e. The van der Waals surface area contributed by atoms with Gasteiger partial charge in [-0.25, -0.2) is 0 Å². The minimum Gasteiger partial charge on any atom is -0.545 e. The molecule has 0 spiro atoms. The van der Waals surface area contributed by atoms with Gasteiger partial charge in [0.1, 0.15) is 0 Å². The molecule has 0 aromatic rings. The Morgan fingerprint density at radius 2 is 1.20 bits per heavy atom. The van der Waals surface area contributed by atoms with Crippen LogP contribution in [0.4, 0.5) is 0 Å². The van der Waals surface area contributed by atoms with Crippen molar-refractivity contribution in [3.05, 3.63) is 12.2 Å². The van der Waals surface area contributed by atoms with Crippen LogP contribution in [0.3, 0.4) is 0 Å². The molecule has 6 heteroatoms. The van der Waals surface area contributed by atoms with E-state index in [4.69, 9.17) is 0 Å². The van der Waals surface area contributed by atoms with Crippen molar-refractivity contribution >= 4 is 11.9 Å². The van der Waals surface area contributed by atoms with Gasteiger partial charge < -0.3 is 19.8 Å². The van der Waals surface area contributed by atoms with Crippen molar-refractivity contribution in [2.75, 3.05) is 0 Å². The summed E-state index contributed by atoms with van der Waals surface area (Å²) in [6.45, 7) is 0. The normalized spacial score (nSPS) is 7.60. The average Bonchev–Trinajstić information content (AvgIpc) is 1.61. The number of rotatable bonds is 2. The van der Waals surface area contributed by atoms with E-state index in [0.29, 0.717) is 12.2 Å². The summed E-state index contributed by atoms with van der Waals surface area (Å²) in [6, 6.07) is 0. The molecule has 44 valence electrons. The molecular formula is C4H2NaO4Zr+3. The molecule has 0 aliphatic carbocycles. The molecule has 0 aromatic carbocycles. The molecule has 0 heterocycles. The molecule has 0 amide bonds. The Bertz CT molecular complexity index is 128. The standard InChI is InChI=1S/C4H4O4.Na.Zr/c5-3(6)1-2-4(7)8;;/h1-2H,(H,5,6)(H,7,8);;/q;+1;+4/p-2/b2-1-;;. The molecule has 0 aromatic heterocycles. The van der Waals surface area contributed by atoms with Crippen LogP contribution in [-0.2, 0) is 35.8 Å². The molecule has 4 nitrogen and oxygen atoms in total. The van der Waals surface area contributed by atoms with E-state index in [1.54, 1.807) is 0 Å². The molecule has 0 rings (SSSR count). The van der Waals surface area contributed by atoms with Gasteiger partial charge in [-0.3, -0.25) is 0 Å². The summed E-state index contributed by atoms with van der Waals surface area (Å²) < 4.78 is 0. The Morgan fingerprint density at radius 1 is 1.00 bits per heavy atom. The van der Waals surface area contributed by atoms with Gasteiger partial charge in [0.25, 0.3) is 0 Å². The maximum atomic E-state index is 9.41. The van der Waals surface area contributed by atoms with Crippen LogP contribution in [0.5, 0.6) is 0 Å². The monoisotopic (exact) mass is 227 g/mol. The van der Waals surface area contributed by atoms with E-state index in [2.05, 4.69) is 0 Å². The second-order valence-corrected chi connectivity index (χ2v) is 0.971. The first-order chi connectivity index (χ1) is 3.63. The van der Waals surface area contributed by atoms with Gasteiger partial charge in [0.2, 0.25) is 0 Å². The number of hydrogen-bond donors (Lipinski definition) is 0. The van der Waals surface area contributed by atoms with E-state index in [-0.39, 0.29) is 55.8 Å². The minimum absolute atomic E-state index is 0. The van der Waals surface area contributed by atoms with Crippen LogP contribution < -0.4 is 39.8 Å². The molecule has 0 aliphatic heterocycles. The van der Waals surface area contributed by atoms with Crippen molar-refractivity contribution in [3.8, 4) is 0 Å². The van der Waals surface area contributed by atoms with Gasteiger partial charge in [0.15, 0.2) is 0 Å². The van der Waals surface area contributed by atoms with Crippen LogP contribution >= 0.6 is 0 Å². The average molecular weight is 228 g/mol. The van der Waals surface area contributed by atoms with E-state index in [1.165, 1.54) is 0 Å². The summed E-state index contributed by atoms with van der Waals surface area (Å²) in [4.78, 5) is 18.8. The van der Waals surface area contributed by atoms with Crippen molar-refractivity contribution in [1.82, 2.24) is 0 Å². The smallest absolute Gasteiger partial charge is 0.545 e. The predicted molar refractivity (Wildman–Crippen MR) is 19.2 cm³/mol. The summed E-state index contributed by atoms with van der Waals surface area (Å²) in [5.41, 5.74) is 0. The Balaban J connectivity index is -0.000000245. The first-order valence-electron chi connectivity index (χ1n) is 1.73. The van der Waals surface area contributed by atoms with Gasteiger partial charge in [-0.15, -0.1) is 0 Å². The van der Waals surface area contributed by atoms with Crippen molar-refractivity contribution < 1.29 is 75.6 Å². The second-order valence-electron chi connectivity index (χ2n) is 0.971. The summed E-state index contributed by atoms with van der Waals surface area (Å²) >= 11 is 0. The third-order valence-electron chi connectivity index (χ3n) is 0.355. The molecule has 0 radical (unpaired) electrons. The third-order valence-corrected chi connectivity index (χ3v) is 0.355. The van der Waals surface area contributed by atoms with E-state index in [0.717, 1.165) is 0 Å². The zero-order chi connectivity index (χ0) is 6.57. The largest absolute Gasteiger partial charge is 4.00 e. The van der Waals surface area contributed by atoms with Gasteiger partial charge in [0, 0.05) is 0 Å². The van der Waals surface area contributed by atoms with E-state index in [9.17, 15) is 19.8 Å².